The summed E-state index contributed by atoms with van der Waals surface area (Å²) in [4.78, 5) is 0. The Balaban J connectivity index is 2.45. The van der Waals surface area contributed by atoms with Crippen molar-refractivity contribution in [2.24, 2.45) is 5.73 Å². The maximum Gasteiger partial charge on any atom is 0.180 e. The van der Waals surface area contributed by atoms with E-state index in [-0.39, 0.29) is 6.04 Å². The summed E-state index contributed by atoms with van der Waals surface area (Å²) < 4.78 is 11.0. The number of halogens is 1. The molecule has 1 aromatic carbocycles. The van der Waals surface area contributed by atoms with Crippen LogP contribution in [0, 0.1) is 6.92 Å². The van der Waals surface area contributed by atoms with Crippen LogP contribution in [-0.4, -0.2) is 19.3 Å². The predicted octanol–water partition coefficient (Wildman–Crippen LogP) is 2.31. The number of benzene rings is 1. The smallest absolute Gasteiger partial charge is 0.180 e. The predicted molar refractivity (Wildman–Crippen MR) is 64.5 cm³/mol. The van der Waals surface area contributed by atoms with E-state index in [1.54, 1.807) is 0 Å². The van der Waals surface area contributed by atoms with E-state index in [0.29, 0.717) is 24.0 Å². The number of ether oxygens (including phenoxy) is 2. The number of fused-ring (bicyclic) bond motifs is 1. The van der Waals surface area contributed by atoms with Gasteiger partial charge < -0.3 is 15.2 Å². The Morgan fingerprint density at radius 3 is 2.81 bits per heavy atom. The highest BCUT2D eigenvalue weighted by Gasteiger charge is 2.20. The molecule has 88 valence electrons. The molecular formula is C12H16ClNO2. The first-order valence-electron chi connectivity index (χ1n) is 5.42. The van der Waals surface area contributed by atoms with E-state index in [2.05, 4.69) is 0 Å². The average Bonchev–Trinajstić information content (AvgIpc) is 2.24. The second-order valence-electron chi connectivity index (χ2n) is 4.19. The van der Waals surface area contributed by atoms with E-state index in [0.717, 1.165) is 23.3 Å². The molecule has 1 heterocycles. The van der Waals surface area contributed by atoms with Crippen LogP contribution in [0.1, 0.15) is 18.1 Å². The van der Waals surface area contributed by atoms with Gasteiger partial charge in [0.25, 0.3) is 0 Å². The molecule has 0 fully saturated rings. The molecule has 0 saturated heterocycles. The first kappa shape index (κ1) is 11.6. The van der Waals surface area contributed by atoms with Gasteiger partial charge in [-0.2, -0.15) is 0 Å². The molecule has 0 aromatic heterocycles. The Morgan fingerprint density at radius 2 is 2.12 bits per heavy atom. The Labute approximate surface area is 100 Å². The molecule has 1 atom stereocenters. The fourth-order valence-electron chi connectivity index (χ4n) is 1.88. The van der Waals surface area contributed by atoms with Crippen molar-refractivity contribution in [2.75, 3.05) is 13.2 Å². The number of hydrogen-bond donors (Lipinski definition) is 1. The Morgan fingerprint density at radius 1 is 1.44 bits per heavy atom. The van der Waals surface area contributed by atoms with Gasteiger partial charge in [-0.05, 0) is 37.5 Å². The summed E-state index contributed by atoms with van der Waals surface area (Å²) >= 11 is 6.32. The van der Waals surface area contributed by atoms with Gasteiger partial charge in [0.15, 0.2) is 11.5 Å². The van der Waals surface area contributed by atoms with Gasteiger partial charge in [-0.25, -0.2) is 0 Å². The van der Waals surface area contributed by atoms with Gasteiger partial charge in [-0.1, -0.05) is 11.6 Å². The highest BCUT2D eigenvalue weighted by Crippen LogP contribution is 2.41. The summed E-state index contributed by atoms with van der Waals surface area (Å²) in [5.74, 6) is 1.40. The first-order valence-corrected chi connectivity index (χ1v) is 5.80. The molecule has 3 nitrogen and oxygen atoms in total. The number of nitrogens with two attached hydrogens (primary N) is 1. The van der Waals surface area contributed by atoms with Gasteiger partial charge in [0.1, 0.15) is 13.2 Å². The molecule has 0 amide bonds. The average molecular weight is 242 g/mol. The molecule has 2 N–H and O–H groups in total. The third-order valence-electron chi connectivity index (χ3n) is 2.63. The van der Waals surface area contributed by atoms with Crippen LogP contribution in [0.25, 0.3) is 0 Å². The van der Waals surface area contributed by atoms with Crippen molar-refractivity contribution in [3.8, 4) is 11.5 Å². The zero-order valence-electron chi connectivity index (χ0n) is 9.55. The van der Waals surface area contributed by atoms with Crippen molar-refractivity contribution in [3.63, 3.8) is 0 Å². The van der Waals surface area contributed by atoms with Crippen molar-refractivity contribution in [1.82, 2.24) is 0 Å². The SMILES string of the molecule is Cc1cc2c(c(Cl)c1CC(C)N)OCCO2. The zero-order valence-corrected chi connectivity index (χ0v) is 10.3. The van der Waals surface area contributed by atoms with Crippen LogP contribution >= 0.6 is 11.6 Å². The maximum absolute atomic E-state index is 6.32. The molecule has 0 radical (unpaired) electrons. The van der Waals surface area contributed by atoms with E-state index < -0.39 is 0 Å². The standard InChI is InChI=1S/C12H16ClNO2/c1-7-5-10-12(16-4-3-15-10)11(13)9(7)6-8(2)14/h5,8H,3-4,6,14H2,1-2H3. The third kappa shape index (κ3) is 2.11. The quantitative estimate of drug-likeness (QED) is 0.864. The lowest BCUT2D eigenvalue weighted by atomic mass is 10.0. The molecule has 1 aromatic rings. The molecule has 16 heavy (non-hydrogen) atoms. The third-order valence-corrected chi connectivity index (χ3v) is 3.02. The van der Waals surface area contributed by atoms with Gasteiger partial charge in [0.05, 0.1) is 5.02 Å². The van der Waals surface area contributed by atoms with Gasteiger partial charge >= 0.3 is 0 Å². The van der Waals surface area contributed by atoms with Gasteiger partial charge in [-0.15, -0.1) is 0 Å². The highest BCUT2D eigenvalue weighted by molar-refractivity contribution is 6.33. The summed E-state index contributed by atoms with van der Waals surface area (Å²) in [6, 6.07) is 2.05. The molecular weight excluding hydrogens is 226 g/mol. The van der Waals surface area contributed by atoms with E-state index in [1.165, 1.54) is 0 Å². The molecule has 1 aliphatic rings. The highest BCUT2D eigenvalue weighted by atomic mass is 35.5. The van der Waals surface area contributed by atoms with Crippen LogP contribution in [-0.2, 0) is 6.42 Å². The fraction of sp³-hybridized carbons (Fsp3) is 0.500. The van der Waals surface area contributed by atoms with Crippen molar-refractivity contribution in [2.45, 2.75) is 26.3 Å². The molecule has 0 bridgehead atoms. The van der Waals surface area contributed by atoms with Crippen molar-refractivity contribution in [1.29, 1.82) is 0 Å². The molecule has 1 aliphatic heterocycles. The monoisotopic (exact) mass is 241 g/mol. The first-order chi connectivity index (χ1) is 7.59. The zero-order chi connectivity index (χ0) is 11.7. The summed E-state index contributed by atoms with van der Waals surface area (Å²) in [5.41, 5.74) is 7.97. The molecule has 4 heteroatoms. The number of hydrogen-bond acceptors (Lipinski definition) is 3. The van der Waals surface area contributed by atoms with Crippen LogP contribution in [0.15, 0.2) is 6.07 Å². The van der Waals surface area contributed by atoms with Crippen molar-refractivity contribution >= 4 is 11.6 Å². The molecule has 0 spiro atoms. The van der Waals surface area contributed by atoms with E-state index in [1.807, 2.05) is 19.9 Å². The molecule has 2 rings (SSSR count). The van der Waals surface area contributed by atoms with Crippen LogP contribution in [0.3, 0.4) is 0 Å². The lowest BCUT2D eigenvalue weighted by Crippen LogP contribution is -2.20. The maximum atomic E-state index is 6.32. The minimum Gasteiger partial charge on any atom is -0.486 e. The summed E-state index contributed by atoms with van der Waals surface area (Å²) in [6.45, 7) is 5.11. The van der Waals surface area contributed by atoms with Crippen LogP contribution < -0.4 is 15.2 Å². The molecule has 0 aliphatic carbocycles. The van der Waals surface area contributed by atoms with Gasteiger partial charge in [0, 0.05) is 6.04 Å². The topological polar surface area (TPSA) is 44.5 Å². The van der Waals surface area contributed by atoms with Crippen molar-refractivity contribution < 1.29 is 9.47 Å². The molecule has 0 saturated carbocycles. The largest absolute Gasteiger partial charge is 0.486 e. The summed E-state index contributed by atoms with van der Waals surface area (Å²) in [6.07, 6.45) is 0.751. The van der Waals surface area contributed by atoms with Gasteiger partial charge in [-0.3, -0.25) is 0 Å². The molecule has 1 unspecified atom stereocenters. The second kappa shape index (κ2) is 4.52. The lowest BCUT2D eigenvalue weighted by molar-refractivity contribution is 0.171. The van der Waals surface area contributed by atoms with Crippen molar-refractivity contribution in [3.05, 3.63) is 22.2 Å². The van der Waals surface area contributed by atoms with E-state index in [4.69, 9.17) is 26.8 Å². The second-order valence-corrected chi connectivity index (χ2v) is 4.57. The number of rotatable bonds is 2. The van der Waals surface area contributed by atoms with Crippen LogP contribution in [0.4, 0.5) is 0 Å². The van der Waals surface area contributed by atoms with Crippen LogP contribution in [0.2, 0.25) is 5.02 Å². The summed E-state index contributed by atoms with van der Waals surface area (Å²) in [7, 11) is 0. The van der Waals surface area contributed by atoms with E-state index in [9.17, 15) is 0 Å². The lowest BCUT2D eigenvalue weighted by Gasteiger charge is -2.22. The number of aryl methyl sites for hydroxylation is 1. The Kier molecular flexibility index (Phi) is 3.26. The Hall–Kier alpha value is -0.930. The van der Waals surface area contributed by atoms with Crippen LogP contribution in [0.5, 0.6) is 11.5 Å². The van der Waals surface area contributed by atoms with Gasteiger partial charge in [0.2, 0.25) is 0 Å². The summed E-state index contributed by atoms with van der Waals surface area (Å²) in [5, 5.41) is 0.645. The Bertz CT molecular complexity index is 404. The van der Waals surface area contributed by atoms with E-state index >= 15 is 0 Å². The minimum absolute atomic E-state index is 0.0822. The fourth-order valence-corrected chi connectivity index (χ4v) is 2.25. The minimum atomic E-state index is 0.0822. The normalized spacial score (nSPS) is 16.0.